The normalized spacial score (nSPS) is 11.9. The second-order valence-electron chi connectivity index (χ2n) is 8.98. The number of amides is 1. The van der Waals surface area contributed by atoms with E-state index in [2.05, 4.69) is 15.3 Å². The summed E-state index contributed by atoms with van der Waals surface area (Å²) in [5.74, 6) is -1.87. The summed E-state index contributed by atoms with van der Waals surface area (Å²) in [6.07, 6.45) is 3.11. The summed E-state index contributed by atoms with van der Waals surface area (Å²) in [4.78, 5) is 21.3. The maximum Gasteiger partial charge on any atom is 0.325 e. The van der Waals surface area contributed by atoms with Crippen molar-refractivity contribution in [1.29, 1.82) is 0 Å². The molecule has 39 heavy (non-hydrogen) atoms. The van der Waals surface area contributed by atoms with E-state index in [0.29, 0.717) is 27.9 Å². The summed E-state index contributed by atoms with van der Waals surface area (Å²) in [5.41, 5.74) is 1.95. The molecule has 198 valence electrons. The average molecular weight is 533 g/mol. The standard InChI is InChI=1S/C28H23F2N5O4/c1-17(15-36)14-34-12-11-22-26(34)28(32-16-31-22)39-25-10-9-20(13-21(25)30)33-27(37)24-4-2-3-23(35(24)38)18-5-7-19(29)8-6-18/h2-13,16-17,36H,14-15H2,1H3,(H-,33,37,38)/p+1/t17-/m1/s1. The van der Waals surface area contributed by atoms with E-state index in [9.17, 15) is 19.5 Å². The third kappa shape index (κ3) is 5.39. The molecule has 0 spiro atoms. The SMILES string of the molecule is C[C@@H](CO)Cn1ccc2ncnc(Oc3ccc(NC(=O)c4cccc(-c5ccc(F)cc5)[n+]4O)cc3F)c21. The zero-order chi connectivity index (χ0) is 27.5. The average Bonchev–Trinajstić information content (AvgIpc) is 3.34. The van der Waals surface area contributed by atoms with Crippen LogP contribution in [0.4, 0.5) is 14.5 Å². The van der Waals surface area contributed by atoms with E-state index >= 15 is 4.39 Å². The van der Waals surface area contributed by atoms with Gasteiger partial charge in [0.1, 0.15) is 17.7 Å². The minimum atomic E-state index is -0.752. The number of aliphatic hydroxyl groups is 1. The molecule has 11 heteroatoms. The van der Waals surface area contributed by atoms with Crippen LogP contribution in [-0.2, 0) is 6.54 Å². The number of hydrogen-bond donors (Lipinski definition) is 3. The van der Waals surface area contributed by atoms with Crippen molar-refractivity contribution in [3.8, 4) is 22.9 Å². The molecule has 0 aliphatic carbocycles. The van der Waals surface area contributed by atoms with E-state index in [0.717, 1.165) is 6.07 Å². The molecule has 0 saturated heterocycles. The number of aromatic nitrogens is 4. The van der Waals surface area contributed by atoms with Crippen molar-refractivity contribution in [1.82, 2.24) is 14.5 Å². The van der Waals surface area contributed by atoms with Crippen LogP contribution in [0.3, 0.4) is 0 Å². The lowest BCUT2D eigenvalue weighted by Crippen LogP contribution is -2.41. The molecule has 0 fully saturated rings. The Morgan fingerprint density at radius 1 is 1.10 bits per heavy atom. The van der Waals surface area contributed by atoms with Crippen LogP contribution in [0.5, 0.6) is 11.6 Å². The van der Waals surface area contributed by atoms with Crippen LogP contribution in [0, 0.1) is 17.6 Å². The topological polar surface area (TPSA) is 113 Å². The molecule has 3 N–H and O–H groups in total. The first-order valence-corrected chi connectivity index (χ1v) is 12.0. The number of aliphatic hydroxyl groups excluding tert-OH is 1. The fourth-order valence-electron chi connectivity index (χ4n) is 4.10. The van der Waals surface area contributed by atoms with Gasteiger partial charge in [0.25, 0.3) is 5.69 Å². The summed E-state index contributed by atoms with van der Waals surface area (Å²) in [6.45, 7) is 2.38. The van der Waals surface area contributed by atoms with Crippen LogP contribution in [0.15, 0.2) is 79.3 Å². The lowest BCUT2D eigenvalue weighted by molar-refractivity contribution is -0.897. The van der Waals surface area contributed by atoms with Gasteiger partial charge in [-0.25, -0.2) is 13.8 Å². The molecule has 0 radical (unpaired) electrons. The summed E-state index contributed by atoms with van der Waals surface area (Å²) < 4.78 is 36.6. The van der Waals surface area contributed by atoms with Crippen molar-refractivity contribution >= 4 is 22.6 Å². The number of benzene rings is 2. The predicted molar refractivity (Wildman–Crippen MR) is 137 cm³/mol. The molecule has 3 aromatic heterocycles. The minimum Gasteiger partial charge on any atom is -0.434 e. The highest BCUT2D eigenvalue weighted by Crippen LogP contribution is 2.31. The Kier molecular flexibility index (Phi) is 7.15. The summed E-state index contributed by atoms with van der Waals surface area (Å²) >= 11 is 0. The second kappa shape index (κ2) is 10.8. The third-order valence-corrected chi connectivity index (χ3v) is 6.07. The van der Waals surface area contributed by atoms with Crippen molar-refractivity contribution in [2.45, 2.75) is 13.5 Å². The molecule has 2 aromatic carbocycles. The molecule has 0 unspecified atom stereocenters. The highest BCUT2D eigenvalue weighted by Gasteiger charge is 2.25. The first-order chi connectivity index (χ1) is 18.8. The first-order valence-electron chi connectivity index (χ1n) is 12.0. The molecular formula is C28H24F2N5O4+. The van der Waals surface area contributed by atoms with Gasteiger partial charge >= 0.3 is 11.6 Å². The highest BCUT2D eigenvalue weighted by atomic mass is 19.1. The largest absolute Gasteiger partial charge is 0.434 e. The van der Waals surface area contributed by atoms with Crippen LogP contribution in [0.1, 0.15) is 17.4 Å². The number of anilines is 1. The van der Waals surface area contributed by atoms with E-state index in [1.54, 1.807) is 24.4 Å². The lowest BCUT2D eigenvalue weighted by Gasteiger charge is -2.13. The molecular weight excluding hydrogens is 508 g/mol. The van der Waals surface area contributed by atoms with Gasteiger partial charge in [-0.2, -0.15) is 4.98 Å². The number of hydrogen-bond acceptors (Lipinski definition) is 6. The molecule has 5 aromatic rings. The van der Waals surface area contributed by atoms with Crippen molar-refractivity contribution in [3.63, 3.8) is 0 Å². The summed E-state index contributed by atoms with van der Waals surface area (Å²) in [7, 11) is 0. The number of ether oxygens (including phenoxy) is 1. The van der Waals surface area contributed by atoms with Gasteiger partial charge in [0.2, 0.25) is 5.88 Å². The van der Waals surface area contributed by atoms with Gasteiger partial charge in [-0.15, -0.1) is 0 Å². The Morgan fingerprint density at radius 3 is 2.64 bits per heavy atom. The maximum absolute atomic E-state index is 15.0. The lowest BCUT2D eigenvalue weighted by atomic mass is 10.1. The fraction of sp³-hybridized carbons (Fsp3) is 0.143. The number of nitrogens with one attached hydrogen (secondary N) is 1. The van der Waals surface area contributed by atoms with E-state index in [4.69, 9.17) is 4.74 Å². The number of carbonyl (C=O) groups excluding carboxylic acids is 1. The van der Waals surface area contributed by atoms with Crippen LogP contribution < -0.4 is 14.8 Å². The van der Waals surface area contributed by atoms with Crippen molar-refractivity contribution in [2.24, 2.45) is 5.92 Å². The summed E-state index contributed by atoms with van der Waals surface area (Å²) in [6, 6.07) is 15.6. The molecule has 0 bridgehead atoms. The number of halogens is 2. The smallest absolute Gasteiger partial charge is 0.325 e. The Bertz CT molecular complexity index is 1660. The van der Waals surface area contributed by atoms with Gasteiger partial charge in [-0.3, -0.25) is 10.0 Å². The van der Waals surface area contributed by atoms with E-state index in [-0.39, 0.29) is 41.2 Å². The van der Waals surface area contributed by atoms with Gasteiger partial charge in [0.05, 0.1) is 11.1 Å². The third-order valence-electron chi connectivity index (χ3n) is 6.07. The fourth-order valence-corrected chi connectivity index (χ4v) is 4.10. The number of pyridine rings is 1. The van der Waals surface area contributed by atoms with Crippen LogP contribution >= 0.6 is 0 Å². The van der Waals surface area contributed by atoms with Gasteiger partial charge in [0, 0.05) is 48.0 Å². The second-order valence-corrected chi connectivity index (χ2v) is 8.98. The highest BCUT2D eigenvalue weighted by molar-refractivity contribution is 6.02. The Morgan fingerprint density at radius 2 is 1.90 bits per heavy atom. The van der Waals surface area contributed by atoms with Crippen LogP contribution in [-0.4, -0.2) is 37.4 Å². The number of nitrogens with zero attached hydrogens (tertiary/aromatic N) is 4. The van der Waals surface area contributed by atoms with Crippen LogP contribution in [0.25, 0.3) is 22.3 Å². The monoisotopic (exact) mass is 532 g/mol. The molecule has 1 amide bonds. The Hall–Kier alpha value is -4.90. The molecule has 3 heterocycles. The minimum absolute atomic E-state index is 0.00181. The molecule has 5 rings (SSSR count). The van der Waals surface area contributed by atoms with Crippen molar-refractivity contribution in [3.05, 3.63) is 96.6 Å². The molecule has 0 aliphatic rings. The zero-order valence-electron chi connectivity index (χ0n) is 20.8. The quantitative estimate of drug-likeness (QED) is 0.199. The van der Waals surface area contributed by atoms with Gasteiger partial charge in [0.15, 0.2) is 11.6 Å². The molecule has 0 saturated carbocycles. The molecule has 0 aliphatic heterocycles. The van der Waals surface area contributed by atoms with E-state index < -0.39 is 17.5 Å². The van der Waals surface area contributed by atoms with Gasteiger partial charge < -0.3 is 19.7 Å². The predicted octanol–water partition coefficient (Wildman–Crippen LogP) is 4.57. The van der Waals surface area contributed by atoms with Gasteiger partial charge in [-0.1, -0.05) is 6.92 Å². The van der Waals surface area contributed by atoms with E-state index in [1.807, 2.05) is 11.5 Å². The Labute approximate surface area is 221 Å². The zero-order valence-corrected chi connectivity index (χ0v) is 20.8. The van der Waals surface area contributed by atoms with Crippen molar-refractivity contribution < 1.29 is 33.4 Å². The first kappa shape index (κ1) is 25.7. The number of carbonyl (C=O) groups is 1. The van der Waals surface area contributed by atoms with Gasteiger partial charge in [-0.05, 0) is 54.4 Å². The summed E-state index contributed by atoms with van der Waals surface area (Å²) in [5, 5.41) is 22.6. The number of rotatable bonds is 8. The molecule has 9 nitrogen and oxygen atoms in total. The van der Waals surface area contributed by atoms with E-state index in [1.165, 1.54) is 48.8 Å². The molecule has 1 atom stereocenters. The Balaban J connectivity index is 1.36. The number of fused-ring (bicyclic) bond motifs is 1. The van der Waals surface area contributed by atoms with Crippen molar-refractivity contribution in [2.75, 3.05) is 11.9 Å². The maximum atomic E-state index is 15.0. The van der Waals surface area contributed by atoms with Crippen LogP contribution in [0.2, 0.25) is 0 Å².